The number of hydrogen-bond donors (Lipinski definition) is 1. The molecule has 0 saturated carbocycles. The molecular weight excluding hydrogens is 504 g/mol. The number of rotatable bonds is 10. The maximum absolute atomic E-state index is 13.9. The molecule has 1 saturated heterocycles. The van der Waals surface area contributed by atoms with Gasteiger partial charge in [-0.2, -0.15) is 0 Å². The number of aryl methyl sites for hydroxylation is 2. The minimum Gasteiger partial charge on any atom is -0.469 e. The lowest BCUT2D eigenvalue weighted by Crippen LogP contribution is -2.54. The Balaban J connectivity index is 1.91. The summed E-state index contributed by atoms with van der Waals surface area (Å²) < 4.78 is 32.7. The molecule has 3 atom stereocenters. The van der Waals surface area contributed by atoms with Crippen molar-refractivity contribution in [2.75, 3.05) is 13.7 Å². The zero-order chi connectivity index (χ0) is 28.9. The second-order valence-electron chi connectivity index (χ2n) is 11.0. The first-order chi connectivity index (χ1) is 18.3. The summed E-state index contributed by atoms with van der Waals surface area (Å²) in [7, 11) is 1.28. The van der Waals surface area contributed by atoms with Gasteiger partial charge in [-0.05, 0) is 67.9 Å². The molecule has 9 heteroatoms. The van der Waals surface area contributed by atoms with Crippen molar-refractivity contribution < 1.29 is 27.9 Å². The van der Waals surface area contributed by atoms with Gasteiger partial charge in [0.15, 0.2) is 0 Å². The van der Waals surface area contributed by atoms with Crippen LogP contribution in [0.2, 0.25) is 0 Å². The molecule has 0 radical (unpaired) electrons. The molecule has 7 nitrogen and oxygen atoms in total. The van der Waals surface area contributed by atoms with Gasteiger partial charge in [0.2, 0.25) is 17.7 Å². The van der Waals surface area contributed by atoms with E-state index in [2.05, 4.69) is 10.3 Å². The van der Waals surface area contributed by atoms with Gasteiger partial charge in [-0.15, -0.1) is 0 Å². The Bertz CT molecular complexity index is 1170. The summed E-state index contributed by atoms with van der Waals surface area (Å²) in [4.78, 5) is 44.8. The number of hydrogen-bond acceptors (Lipinski definition) is 5. The Morgan fingerprint density at radius 1 is 1.21 bits per heavy atom. The first-order valence-corrected chi connectivity index (χ1v) is 13.4. The van der Waals surface area contributed by atoms with Crippen LogP contribution >= 0.6 is 0 Å². The number of aromatic nitrogens is 1. The topological polar surface area (TPSA) is 88.6 Å². The largest absolute Gasteiger partial charge is 0.469 e. The summed E-state index contributed by atoms with van der Waals surface area (Å²) >= 11 is 0. The van der Waals surface area contributed by atoms with Crippen molar-refractivity contribution in [3.63, 3.8) is 0 Å². The van der Waals surface area contributed by atoms with Crippen molar-refractivity contribution in [3.8, 4) is 11.1 Å². The molecule has 2 amide bonds. The van der Waals surface area contributed by atoms with E-state index >= 15 is 0 Å². The number of carbonyl (C=O) groups is 3. The Morgan fingerprint density at radius 3 is 2.44 bits per heavy atom. The molecule has 1 aromatic heterocycles. The number of piperidine rings is 1. The lowest BCUT2D eigenvalue weighted by Gasteiger charge is -2.39. The first kappa shape index (κ1) is 30.2. The van der Waals surface area contributed by atoms with E-state index in [1.54, 1.807) is 12.4 Å². The summed E-state index contributed by atoms with van der Waals surface area (Å²) in [6.45, 7) is 8.78. The van der Waals surface area contributed by atoms with Crippen LogP contribution in [0, 0.1) is 25.7 Å². The van der Waals surface area contributed by atoms with E-state index in [1.807, 2.05) is 52.0 Å². The molecule has 1 unspecified atom stereocenters. The number of carbonyl (C=O) groups excluding carboxylic acids is 3. The maximum atomic E-state index is 13.9. The van der Waals surface area contributed by atoms with Crippen LogP contribution in [0.15, 0.2) is 36.7 Å². The average molecular weight is 544 g/mol. The van der Waals surface area contributed by atoms with Crippen LogP contribution in [-0.2, 0) is 19.1 Å². The summed E-state index contributed by atoms with van der Waals surface area (Å²) in [6.07, 6.45) is 3.37. The van der Waals surface area contributed by atoms with Gasteiger partial charge in [-0.1, -0.05) is 32.0 Å². The fraction of sp³-hybridized carbons (Fsp3) is 0.533. The number of alkyl halides is 2. The first-order valence-electron chi connectivity index (χ1n) is 13.4. The number of esters is 1. The van der Waals surface area contributed by atoms with E-state index in [4.69, 9.17) is 4.74 Å². The molecular formula is C30H39F2N3O4. The minimum absolute atomic E-state index is 0.0620. The standard InChI is InChI=1S/C30H39F2N3O4/c1-18(2)12-25(35-11-10-23(14-26(35)36)30(5,31)32)29(38)34-24(15-27(37)39-6)21-13-22(17-33-16-21)28-19(3)8-7-9-20(28)4/h7-9,13,16-18,23-25H,10-12,14-15H2,1-6H3,(H,34,38)/t23?,24-,25+/m0/s1. The van der Waals surface area contributed by atoms with Crippen molar-refractivity contribution in [2.24, 2.45) is 11.8 Å². The quantitative estimate of drug-likeness (QED) is 0.406. The SMILES string of the molecule is COC(=O)C[C@H](NC(=O)[C@@H](CC(C)C)N1CCC(C(C)(F)F)CC1=O)c1cncc(-c2c(C)cccc2C)c1. The molecule has 0 bridgehead atoms. The van der Waals surface area contributed by atoms with Gasteiger partial charge < -0.3 is 15.0 Å². The smallest absolute Gasteiger partial charge is 0.307 e. The molecule has 0 spiro atoms. The molecule has 2 heterocycles. The lowest BCUT2D eigenvalue weighted by atomic mass is 9.88. The van der Waals surface area contributed by atoms with Gasteiger partial charge in [0.1, 0.15) is 6.04 Å². The summed E-state index contributed by atoms with van der Waals surface area (Å²) in [5.74, 6) is -5.36. The maximum Gasteiger partial charge on any atom is 0.307 e. The highest BCUT2D eigenvalue weighted by molar-refractivity contribution is 5.89. The molecule has 2 aromatic rings. The number of likely N-dealkylation sites (tertiary alicyclic amines) is 1. The van der Waals surface area contributed by atoms with Gasteiger partial charge in [-0.3, -0.25) is 19.4 Å². The molecule has 1 aliphatic heterocycles. The van der Waals surface area contributed by atoms with Crippen molar-refractivity contribution >= 4 is 17.8 Å². The molecule has 39 heavy (non-hydrogen) atoms. The van der Waals surface area contributed by atoms with E-state index in [0.717, 1.165) is 29.2 Å². The highest BCUT2D eigenvalue weighted by atomic mass is 19.3. The third-order valence-electron chi connectivity index (χ3n) is 7.40. The van der Waals surface area contributed by atoms with Crippen LogP contribution in [0.5, 0.6) is 0 Å². The third kappa shape index (κ3) is 7.61. The van der Waals surface area contributed by atoms with Gasteiger partial charge in [0.25, 0.3) is 0 Å². The molecule has 1 fully saturated rings. The third-order valence-corrected chi connectivity index (χ3v) is 7.40. The molecule has 1 aromatic carbocycles. The molecule has 3 rings (SSSR count). The second kappa shape index (κ2) is 12.7. The van der Waals surface area contributed by atoms with E-state index in [9.17, 15) is 23.2 Å². The summed E-state index contributed by atoms with van der Waals surface area (Å²) in [6, 6.07) is 6.28. The zero-order valence-electron chi connectivity index (χ0n) is 23.6. The molecule has 1 aliphatic rings. The van der Waals surface area contributed by atoms with Crippen LogP contribution in [0.1, 0.15) is 69.2 Å². The predicted octanol–water partition coefficient (Wildman–Crippen LogP) is 5.39. The average Bonchev–Trinajstić information content (AvgIpc) is 2.86. The number of methoxy groups -OCH3 is 1. The number of nitrogens with zero attached hydrogens (tertiary/aromatic N) is 2. The second-order valence-corrected chi connectivity index (χ2v) is 11.0. The van der Waals surface area contributed by atoms with Gasteiger partial charge in [0, 0.05) is 36.8 Å². The highest BCUT2D eigenvalue weighted by Gasteiger charge is 2.43. The van der Waals surface area contributed by atoms with Crippen LogP contribution in [0.25, 0.3) is 11.1 Å². The Morgan fingerprint density at radius 2 is 1.87 bits per heavy atom. The molecule has 212 valence electrons. The number of nitrogens with one attached hydrogen (secondary N) is 1. The van der Waals surface area contributed by atoms with E-state index in [0.29, 0.717) is 12.0 Å². The summed E-state index contributed by atoms with van der Waals surface area (Å²) in [5.41, 5.74) is 4.63. The van der Waals surface area contributed by atoms with Crippen LogP contribution in [0.3, 0.4) is 0 Å². The minimum atomic E-state index is -2.96. The van der Waals surface area contributed by atoms with Crippen molar-refractivity contribution in [1.29, 1.82) is 0 Å². The monoisotopic (exact) mass is 543 g/mol. The van der Waals surface area contributed by atoms with Gasteiger partial charge in [0.05, 0.1) is 19.6 Å². The van der Waals surface area contributed by atoms with Crippen LogP contribution < -0.4 is 5.32 Å². The van der Waals surface area contributed by atoms with Crippen LogP contribution in [-0.4, -0.2) is 53.3 Å². The Labute approximate surface area is 229 Å². The Kier molecular flexibility index (Phi) is 9.80. The van der Waals surface area contributed by atoms with E-state index in [-0.39, 0.29) is 31.7 Å². The normalized spacial score (nSPS) is 17.6. The Hall–Kier alpha value is -3.36. The number of amides is 2. The summed E-state index contributed by atoms with van der Waals surface area (Å²) in [5, 5.41) is 2.95. The number of ether oxygens (including phenoxy) is 1. The fourth-order valence-corrected chi connectivity index (χ4v) is 5.26. The number of pyridine rings is 1. The van der Waals surface area contributed by atoms with Crippen LogP contribution in [0.4, 0.5) is 8.78 Å². The van der Waals surface area contributed by atoms with Gasteiger partial charge >= 0.3 is 5.97 Å². The van der Waals surface area contributed by atoms with E-state index < -0.39 is 41.7 Å². The fourth-order valence-electron chi connectivity index (χ4n) is 5.26. The van der Waals surface area contributed by atoms with Crippen molar-refractivity contribution in [1.82, 2.24) is 15.2 Å². The number of halogens is 2. The van der Waals surface area contributed by atoms with Gasteiger partial charge in [-0.25, -0.2) is 8.78 Å². The molecule has 1 N–H and O–H groups in total. The zero-order valence-corrected chi connectivity index (χ0v) is 23.6. The highest BCUT2D eigenvalue weighted by Crippen LogP contribution is 2.35. The number of benzene rings is 1. The van der Waals surface area contributed by atoms with Crippen molar-refractivity contribution in [2.45, 2.75) is 78.3 Å². The van der Waals surface area contributed by atoms with Crippen molar-refractivity contribution in [3.05, 3.63) is 53.3 Å². The van der Waals surface area contributed by atoms with E-state index in [1.165, 1.54) is 12.0 Å². The molecule has 0 aliphatic carbocycles. The lowest BCUT2D eigenvalue weighted by molar-refractivity contribution is -0.151. The predicted molar refractivity (Wildman–Crippen MR) is 145 cm³/mol.